The third kappa shape index (κ3) is 5.13. The average Bonchev–Trinajstić information content (AvgIpc) is 3.02. The van der Waals surface area contributed by atoms with Crippen LogP contribution in [0.25, 0.3) is 0 Å². The molecule has 2 rings (SSSR count). The van der Waals surface area contributed by atoms with Crippen LogP contribution < -0.4 is 0 Å². The highest BCUT2D eigenvalue weighted by atomic mass is 32.2. The Balaban J connectivity index is 0.000000295. The van der Waals surface area contributed by atoms with Gasteiger partial charge in [-0.25, -0.2) is 0 Å². The number of hydrogen-bond donors (Lipinski definition) is 1. The third-order valence-corrected chi connectivity index (χ3v) is 6.02. The maximum atomic E-state index is 13.1. The molecule has 2 aliphatic carbocycles. The van der Waals surface area contributed by atoms with Crippen LogP contribution in [-0.4, -0.2) is 42.8 Å². The van der Waals surface area contributed by atoms with Crippen LogP contribution in [0.4, 0.5) is 8.78 Å². The van der Waals surface area contributed by atoms with Gasteiger partial charge in [0.2, 0.25) is 0 Å². The molecular formula is C15H29F2NO3S. The van der Waals surface area contributed by atoms with Crippen molar-refractivity contribution in [2.75, 3.05) is 19.6 Å². The van der Waals surface area contributed by atoms with Gasteiger partial charge in [0.15, 0.2) is 0 Å². The molecule has 3 unspecified atom stereocenters. The minimum atomic E-state index is -5.24. The van der Waals surface area contributed by atoms with Crippen LogP contribution in [-0.2, 0) is 10.1 Å². The molecule has 132 valence electrons. The first-order chi connectivity index (χ1) is 10.1. The van der Waals surface area contributed by atoms with Crippen molar-refractivity contribution in [2.45, 2.75) is 58.1 Å². The lowest BCUT2D eigenvalue weighted by atomic mass is 9.86. The van der Waals surface area contributed by atoms with Crippen LogP contribution in [0.1, 0.15) is 52.9 Å². The molecule has 0 amide bonds. The largest absolute Gasteiger partial charge is 0.370 e. The molecule has 0 heterocycles. The molecule has 0 aromatic heterocycles. The average molecular weight is 341 g/mol. The SMILES string of the molecule is CCN(CC)CC.O=S(=O)(O)C(F)(F)CC1CC2CCC1C2. The zero-order valence-electron chi connectivity index (χ0n) is 13.8. The molecule has 2 saturated carbocycles. The van der Waals surface area contributed by atoms with E-state index in [1.165, 1.54) is 19.6 Å². The van der Waals surface area contributed by atoms with Crippen molar-refractivity contribution in [3.8, 4) is 0 Å². The van der Waals surface area contributed by atoms with Crippen molar-refractivity contribution in [2.24, 2.45) is 17.8 Å². The predicted molar refractivity (Wildman–Crippen MR) is 83.5 cm³/mol. The van der Waals surface area contributed by atoms with Gasteiger partial charge in [0.05, 0.1) is 0 Å². The summed E-state index contributed by atoms with van der Waals surface area (Å²) in [6.07, 6.45) is 2.94. The summed E-state index contributed by atoms with van der Waals surface area (Å²) in [4.78, 5) is 2.38. The van der Waals surface area contributed by atoms with Crippen molar-refractivity contribution in [3.05, 3.63) is 0 Å². The number of rotatable bonds is 6. The summed E-state index contributed by atoms with van der Waals surface area (Å²) in [5, 5.41) is -3.97. The lowest BCUT2D eigenvalue weighted by molar-refractivity contribution is 0.0423. The highest BCUT2D eigenvalue weighted by molar-refractivity contribution is 7.86. The van der Waals surface area contributed by atoms with Gasteiger partial charge in [-0.1, -0.05) is 27.2 Å². The minimum absolute atomic E-state index is 0.235. The minimum Gasteiger partial charge on any atom is -0.304 e. The maximum absolute atomic E-state index is 13.1. The standard InChI is InChI=1S/C9H14F2O3S.C6H15N/c10-9(11,15(12,13)14)5-8-4-6-1-2-7(8)3-6;1-4-7(5-2)6-3/h6-8H,1-5H2,(H,12,13,14);4-6H2,1-3H3. The molecule has 0 spiro atoms. The van der Waals surface area contributed by atoms with Gasteiger partial charge in [0.1, 0.15) is 0 Å². The van der Waals surface area contributed by atoms with Crippen LogP contribution in [0.2, 0.25) is 0 Å². The highest BCUT2D eigenvalue weighted by Crippen LogP contribution is 2.51. The van der Waals surface area contributed by atoms with Gasteiger partial charge >= 0.3 is 15.4 Å². The highest BCUT2D eigenvalue weighted by Gasteiger charge is 2.50. The van der Waals surface area contributed by atoms with E-state index in [0.29, 0.717) is 12.3 Å². The Hall–Kier alpha value is -0.270. The monoisotopic (exact) mass is 341 g/mol. The van der Waals surface area contributed by atoms with Crippen LogP contribution >= 0.6 is 0 Å². The van der Waals surface area contributed by atoms with Crippen LogP contribution in [0.3, 0.4) is 0 Å². The van der Waals surface area contributed by atoms with Gasteiger partial charge in [-0.3, -0.25) is 4.55 Å². The Morgan fingerprint density at radius 1 is 1.09 bits per heavy atom. The molecular weight excluding hydrogens is 312 g/mol. The second-order valence-electron chi connectivity index (χ2n) is 6.37. The molecule has 4 nitrogen and oxygen atoms in total. The Bertz CT molecular complexity index is 433. The maximum Gasteiger partial charge on any atom is 0.370 e. The van der Waals surface area contributed by atoms with Crippen molar-refractivity contribution in [1.29, 1.82) is 0 Å². The number of hydrogen-bond acceptors (Lipinski definition) is 3. The second-order valence-corrected chi connectivity index (χ2v) is 7.92. The normalized spacial score (nSPS) is 27.9. The first-order valence-corrected chi connectivity index (χ1v) is 9.65. The molecule has 2 aliphatic rings. The zero-order chi connectivity index (χ0) is 17.0. The second kappa shape index (κ2) is 8.02. The molecule has 0 saturated heterocycles. The Labute approximate surface area is 133 Å². The van der Waals surface area contributed by atoms with E-state index in [2.05, 4.69) is 25.7 Å². The molecule has 0 aromatic carbocycles. The van der Waals surface area contributed by atoms with Gasteiger partial charge in [-0.05, 0) is 56.7 Å². The number of nitrogens with zero attached hydrogens (tertiary/aromatic N) is 1. The summed E-state index contributed by atoms with van der Waals surface area (Å²) >= 11 is 0. The summed E-state index contributed by atoms with van der Waals surface area (Å²) < 4.78 is 55.4. The topological polar surface area (TPSA) is 57.6 Å². The van der Waals surface area contributed by atoms with E-state index in [4.69, 9.17) is 4.55 Å². The fourth-order valence-corrected chi connectivity index (χ4v) is 4.13. The summed E-state index contributed by atoms with van der Waals surface area (Å²) in [5.41, 5.74) is 0. The van der Waals surface area contributed by atoms with Crippen molar-refractivity contribution < 1.29 is 21.8 Å². The number of halogens is 2. The van der Waals surface area contributed by atoms with Crippen LogP contribution in [0, 0.1) is 17.8 Å². The first-order valence-electron chi connectivity index (χ1n) is 8.21. The van der Waals surface area contributed by atoms with Gasteiger partial charge in [-0.15, -0.1) is 0 Å². The molecule has 2 bridgehead atoms. The molecule has 7 heteroatoms. The van der Waals surface area contributed by atoms with E-state index in [-0.39, 0.29) is 11.8 Å². The molecule has 2 fully saturated rings. The Kier molecular flexibility index (Phi) is 7.20. The lowest BCUT2D eigenvalue weighted by Gasteiger charge is -2.24. The molecule has 0 radical (unpaired) electrons. The molecule has 1 N–H and O–H groups in total. The van der Waals surface area contributed by atoms with Gasteiger partial charge < -0.3 is 4.90 Å². The van der Waals surface area contributed by atoms with Crippen molar-refractivity contribution in [1.82, 2.24) is 4.90 Å². The van der Waals surface area contributed by atoms with E-state index < -0.39 is 21.8 Å². The lowest BCUT2D eigenvalue weighted by Crippen LogP contribution is -2.32. The van der Waals surface area contributed by atoms with Crippen molar-refractivity contribution in [3.63, 3.8) is 0 Å². The fourth-order valence-electron chi connectivity index (χ4n) is 3.71. The van der Waals surface area contributed by atoms with E-state index in [1.807, 2.05) is 0 Å². The van der Waals surface area contributed by atoms with Crippen LogP contribution in [0.15, 0.2) is 0 Å². The Morgan fingerprint density at radius 3 is 1.91 bits per heavy atom. The predicted octanol–water partition coefficient (Wildman–Crippen LogP) is 3.64. The fraction of sp³-hybridized carbons (Fsp3) is 1.00. The molecule has 22 heavy (non-hydrogen) atoms. The smallest absolute Gasteiger partial charge is 0.304 e. The molecule has 3 atom stereocenters. The van der Waals surface area contributed by atoms with Crippen LogP contribution in [0.5, 0.6) is 0 Å². The van der Waals surface area contributed by atoms with Gasteiger partial charge in [0, 0.05) is 6.42 Å². The Morgan fingerprint density at radius 2 is 1.64 bits per heavy atom. The van der Waals surface area contributed by atoms with E-state index in [9.17, 15) is 17.2 Å². The number of alkyl halides is 2. The third-order valence-electron chi connectivity index (χ3n) is 5.10. The zero-order valence-corrected chi connectivity index (χ0v) is 14.6. The van der Waals surface area contributed by atoms with Gasteiger partial charge in [-0.2, -0.15) is 17.2 Å². The van der Waals surface area contributed by atoms with E-state index in [0.717, 1.165) is 19.3 Å². The summed E-state index contributed by atoms with van der Waals surface area (Å²) in [5.74, 6) is 0.500. The molecule has 0 aliphatic heterocycles. The van der Waals surface area contributed by atoms with E-state index >= 15 is 0 Å². The van der Waals surface area contributed by atoms with Crippen molar-refractivity contribution >= 4 is 10.1 Å². The summed E-state index contributed by atoms with van der Waals surface area (Å²) in [6, 6.07) is 0. The number of fused-ring (bicyclic) bond motifs is 2. The molecule has 0 aromatic rings. The summed E-state index contributed by atoms with van der Waals surface area (Å²) in [7, 11) is -5.24. The first kappa shape index (κ1) is 19.8. The quantitative estimate of drug-likeness (QED) is 0.749. The van der Waals surface area contributed by atoms with E-state index in [1.54, 1.807) is 0 Å². The summed E-state index contributed by atoms with van der Waals surface area (Å²) in [6.45, 7) is 10.1. The van der Waals surface area contributed by atoms with Gasteiger partial charge in [0.25, 0.3) is 0 Å².